The lowest BCUT2D eigenvalue weighted by Crippen LogP contribution is -1.90. The molecule has 2 aromatic rings. The average molecular weight is 161 g/mol. The van der Waals surface area contributed by atoms with E-state index in [0.717, 1.165) is 16.7 Å². The van der Waals surface area contributed by atoms with Crippen LogP contribution in [0.15, 0.2) is 28.9 Å². The molecule has 0 aliphatic carbocycles. The maximum atomic E-state index is 5.39. The fourth-order valence-corrected chi connectivity index (χ4v) is 1.18. The topological polar surface area (TPSA) is 22.4 Å². The number of fused-ring (bicyclic) bond motifs is 1. The van der Waals surface area contributed by atoms with Crippen LogP contribution in [0.5, 0.6) is 5.75 Å². The van der Waals surface area contributed by atoms with Crippen LogP contribution in [0.3, 0.4) is 0 Å². The Hall–Kier alpha value is -1.44. The lowest BCUT2D eigenvalue weighted by Gasteiger charge is -2.01. The van der Waals surface area contributed by atoms with Gasteiger partial charge >= 0.3 is 0 Å². The molecule has 0 amide bonds. The number of furan rings is 1. The first-order chi connectivity index (χ1) is 5.92. The van der Waals surface area contributed by atoms with Gasteiger partial charge in [0.2, 0.25) is 0 Å². The van der Waals surface area contributed by atoms with Gasteiger partial charge in [0.1, 0.15) is 11.3 Å². The highest BCUT2D eigenvalue weighted by Gasteiger charge is 2.02. The summed E-state index contributed by atoms with van der Waals surface area (Å²) in [6.07, 6.45) is 1.55. The van der Waals surface area contributed by atoms with Crippen LogP contribution >= 0.6 is 0 Å². The van der Waals surface area contributed by atoms with Gasteiger partial charge in [0.25, 0.3) is 0 Å². The number of hydrogen-bond acceptors (Lipinski definition) is 2. The van der Waals surface area contributed by atoms with Gasteiger partial charge < -0.3 is 9.15 Å². The summed E-state index contributed by atoms with van der Waals surface area (Å²) in [6.45, 7) is 2.62. The van der Waals surface area contributed by atoms with Gasteiger partial charge in [-0.2, -0.15) is 0 Å². The van der Waals surface area contributed by atoms with E-state index in [-0.39, 0.29) is 0 Å². The Morgan fingerprint density at radius 3 is 3.25 bits per heavy atom. The first-order valence-electron chi connectivity index (χ1n) is 3.92. The Bertz CT molecular complexity index is 376. The molecule has 0 unspecified atom stereocenters. The van der Waals surface area contributed by atoms with Crippen LogP contribution in [-0.2, 0) is 0 Å². The van der Waals surface area contributed by atoms with E-state index in [0.29, 0.717) is 6.61 Å². The summed E-state index contributed by atoms with van der Waals surface area (Å²) in [5, 5.41) is 0.916. The second-order valence-electron chi connectivity index (χ2n) is 2.44. The zero-order chi connectivity index (χ0) is 8.39. The number of rotatable bonds is 2. The maximum Gasteiger partial charge on any atom is 0.138 e. The third-order valence-electron chi connectivity index (χ3n) is 1.68. The van der Waals surface area contributed by atoms with Crippen LogP contribution in [0, 0.1) is 6.07 Å². The van der Waals surface area contributed by atoms with Crippen molar-refractivity contribution in [3.63, 3.8) is 0 Å². The summed E-state index contributed by atoms with van der Waals surface area (Å²) in [6, 6.07) is 8.70. The largest absolute Gasteiger partial charge is 0.493 e. The molecular weight excluding hydrogens is 152 g/mol. The van der Waals surface area contributed by atoms with Gasteiger partial charge in [0, 0.05) is 6.07 Å². The summed E-state index contributed by atoms with van der Waals surface area (Å²) < 4.78 is 10.6. The van der Waals surface area contributed by atoms with Crippen molar-refractivity contribution < 1.29 is 9.15 Å². The predicted molar refractivity (Wildman–Crippen MR) is 46.2 cm³/mol. The van der Waals surface area contributed by atoms with Gasteiger partial charge in [-0.15, -0.1) is 0 Å². The van der Waals surface area contributed by atoms with Crippen LogP contribution in [0.25, 0.3) is 11.0 Å². The Morgan fingerprint density at radius 1 is 1.50 bits per heavy atom. The van der Waals surface area contributed by atoms with E-state index in [1.807, 2.05) is 25.1 Å². The molecule has 0 fully saturated rings. The third kappa shape index (κ3) is 1.05. The Balaban J connectivity index is 2.57. The Kier molecular flexibility index (Phi) is 1.74. The molecule has 0 bridgehead atoms. The average Bonchev–Trinajstić information content (AvgIpc) is 2.53. The number of hydrogen-bond donors (Lipinski definition) is 0. The fraction of sp³-hybridized carbons (Fsp3) is 0.200. The van der Waals surface area contributed by atoms with Gasteiger partial charge in [0.15, 0.2) is 0 Å². The van der Waals surface area contributed by atoms with E-state index in [1.165, 1.54) is 0 Å². The van der Waals surface area contributed by atoms with Gasteiger partial charge in [-0.1, -0.05) is 6.07 Å². The van der Waals surface area contributed by atoms with Crippen LogP contribution < -0.4 is 4.74 Å². The van der Waals surface area contributed by atoms with Crippen molar-refractivity contribution in [3.05, 3.63) is 30.5 Å². The highest BCUT2D eigenvalue weighted by atomic mass is 16.5. The van der Waals surface area contributed by atoms with Gasteiger partial charge in [-0.25, -0.2) is 0 Å². The summed E-state index contributed by atoms with van der Waals surface area (Å²) in [5.74, 6) is 0.837. The second-order valence-corrected chi connectivity index (χ2v) is 2.44. The second kappa shape index (κ2) is 2.89. The first kappa shape index (κ1) is 7.22. The zero-order valence-electron chi connectivity index (χ0n) is 6.83. The van der Waals surface area contributed by atoms with E-state index in [4.69, 9.17) is 9.15 Å². The van der Waals surface area contributed by atoms with Crippen LogP contribution in [0.1, 0.15) is 6.92 Å². The van der Waals surface area contributed by atoms with Crippen molar-refractivity contribution in [1.82, 2.24) is 0 Å². The van der Waals surface area contributed by atoms with Crippen molar-refractivity contribution in [2.45, 2.75) is 6.92 Å². The molecule has 0 N–H and O–H groups in total. The minimum atomic E-state index is 0.665. The van der Waals surface area contributed by atoms with E-state index in [9.17, 15) is 0 Å². The SMILES string of the molecule is CCOc1cccc2oc[c]c12. The first-order valence-corrected chi connectivity index (χ1v) is 3.92. The predicted octanol–water partition coefficient (Wildman–Crippen LogP) is 2.63. The minimum Gasteiger partial charge on any atom is -0.493 e. The lowest BCUT2D eigenvalue weighted by atomic mass is 10.2. The molecule has 1 aromatic heterocycles. The summed E-state index contributed by atoms with van der Waals surface area (Å²) in [4.78, 5) is 0. The fourth-order valence-electron chi connectivity index (χ4n) is 1.18. The lowest BCUT2D eigenvalue weighted by molar-refractivity contribution is 0.344. The van der Waals surface area contributed by atoms with Crippen molar-refractivity contribution in [3.8, 4) is 5.75 Å². The quantitative estimate of drug-likeness (QED) is 0.675. The molecule has 0 saturated heterocycles. The molecule has 0 spiro atoms. The van der Waals surface area contributed by atoms with E-state index >= 15 is 0 Å². The van der Waals surface area contributed by atoms with E-state index < -0.39 is 0 Å². The Labute approximate surface area is 70.8 Å². The summed E-state index contributed by atoms with van der Waals surface area (Å²) >= 11 is 0. The molecule has 1 radical (unpaired) electrons. The molecule has 12 heavy (non-hydrogen) atoms. The van der Waals surface area contributed by atoms with Crippen LogP contribution in [0.4, 0.5) is 0 Å². The monoisotopic (exact) mass is 161 g/mol. The Morgan fingerprint density at radius 2 is 2.42 bits per heavy atom. The molecule has 1 heterocycles. The van der Waals surface area contributed by atoms with Crippen LogP contribution in [0.2, 0.25) is 0 Å². The van der Waals surface area contributed by atoms with Crippen molar-refractivity contribution in [2.24, 2.45) is 0 Å². The number of ether oxygens (including phenoxy) is 1. The summed E-state index contributed by atoms with van der Waals surface area (Å²) in [5.41, 5.74) is 0.820. The highest BCUT2D eigenvalue weighted by Crippen LogP contribution is 2.25. The minimum absolute atomic E-state index is 0.665. The van der Waals surface area contributed by atoms with E-state index in [2.05, 4.69) is 6.07 Å². The maximum absolute atomic E-state index is 5.39. The zero-order valence-corrected chi connectivity index (χ0v) is 6.83. The van der Waals surface area contributed by atoms with Gasteiger partial charge in [-0.05, 0) is 19.1 Å². The van der Waals surface area contributed by atoms with Crippen molar-refractivity contribution in [1.29, 1.82) is 0 Å². The van der Waals surface area contributed by atoms with Crippen molar-refractivity contribution >= 4 is 11.0 Å². The highest BCUT2D eigenvalue weighted by molar-refractivity contribution is 5.83. The van der Waals surface area contributed by atoms with Gasteiger partial charge in [0.05, 0.1) is 18.3 Å². The van der Waals surface area contributed by atoms with Crippen molar-refractivity contribution in [2.75, 3.05) is 6.61 Å². The molecule has 61 valence electrons. The molecule has 0 aliphatic heterocycles. The molecule has 2 heteroatoms. The molecule has 2 nitrogen and oxygen atoms in total. The van der Waals surface area contributed by atoms with E-state index in [1.54, 1.807) is 6.26 Å². The molecule has 1 aromatic carbocycles. The summed E-state index contributed by atoms with van der Waals surface area (Å²) in [7, 11) is 0. The smallest absolute Gasteiger partial charge is 0.138 e. The molecule has 0 aliphatic rings. The number of benzene rings is 1. The molecular formula is C10H9O2. The normalized spacial score (nSPS) is 10.4. The molecule has 2 rings (SSSR count). The molecule has 0 saturated carbocycles. The van der Waals surface area contributed by atoms with Crippen LogP contribution in [-0.4, -0.2) is 6.61 Å². The van der Waals surface area contributed by atoms with Gasteiger partial charge in [-0.3, -0.25) is 0 Å². The third-order valence-corrected chi connectivity index (χ3v) is 1.68. The molecule has 0 atom stereocenters. The standard InChI is InChI=1S/C10H9O2/c1-2-11-9-4-3-5-10-8(9)6-7-12-10/h3-5,7H,2H2,1H3.